The molecule has 0 aromatic heterocycles. The van der Waals surface area contributed by atoms with Crippen molar-refractivity contribution < 1.29 is 13.3 Å². The zero-order valence-corrected chi connectivity index (χ0v) is 13.4. The van der Waals surface area contributed by atoms with Crippen molar-refractivity contribution in [3.05, 3.63) is 0 Å². The molecule has 0 radical (unpaired) electrons. The normalized spacial score (nSPS) is 70.5. The van der Waals surface area contributed by atoms with Crippen LogP contribution < -0.4 is 0 Å². The van der Waals surface area contributed by atoms with E-state index in [4.69, 9.17) is 13.3 Å². The largest absolute Gasteiger partial charge is 0.501 e. The molecule has 0 aromatic carbocycles. The Bertz CT molecular complexity index is 498. The molecule has 1 saturated heterocycles. The van der Waals surface area contributed by atoms with Gasteiger partial charge < -0.3 is 13.3 Å². The van der Waals surface area contributed by atoms with Gasteiger partial charge in [0, 0.05) is 19.1 Å². The summed E-state index contributed by atoms with van der Waals surface area (Å²) in [6.07, 6.45) is 5.76. The molecular weight excluding hydrogens is 268 g/mol. The molecule has 5 aliphatic carbocycles. The summed E-state index contributed by atoms with van der Waals surface area (Å²) in [6.45, 7) is 2.23. The third-order valence-electron chi connectivity index (χ3n) is 7.88. The molecule has 6 fully saturated rings. The molecular formula is C16H24O3Si. The van der Waals surface area contributed by atoms with Crippen molar-refractivity contribution in [1.29, 1.82) is 0 Å². The SMILES string of the molecule is CCC[Si]1(OC)OC2CCC3C2C2(O1)C3C1C3C[C@@H]3C12. The topological polar surface area (TPSA) is 27.7 Å². The highest BCUT2D eigenvalue weighted by Gasteiger charge is 2.91. The molecule has 5 saturated carbocycles. The summed E-state index contributed by atoms with van der Waals surface area (Å²) < 4.78 is 19.3. The third-order valence-corrected chi connectivity index (χ3v) is 10.9. The average molecular weight is 292 g/mol. The van der Waals surface area contributed by atoms with E-state index in [9.17, 15) is 0 Å². The van der Waals surface area contributed by atoms with Crippen LogP contribution in [0.3, 0.4) is 0 Å². The van der Waals surface area contributed by atoms with Gasteiger partial charge in [-0.1, -0.05) is 13.3 Å². The van der Waals surface area contributed by atoms with Gasteiger partial charge >= 0.3 is 8.80 Å². The fourth-order valence-corrected chi connectivity index (χ4v) is 10.4. The van der Waals surface area contributed by atoms with Crippen LogP contribution in [0.5, 0.6) is 0 Å². The van der Waals surface area contributed by atoms with Crippen molar-refractivity contribution in [2.24, 2.45) is 41.4 Å². The Morgan fingerprint density at radius 3 is 2.80 bits per heavy atom. The molecule has 0 aromatic rings. The zero-order chi connectivity index (χ0) is 13.3. The summed E-state index contributed by atoms with van der Waals surface area (Å²) in [5.74, 6) is 6.66. The predicted octanol–water partition coefficient (Wildman–Crippen LogP) is 2.69. The van der Waals surface area contributed by atoms with Crippen LogP contribution in [0.2, 0.25) is 6.04 Å². The van der Waals surface area contributed by atoms with Gasteiger partial charge in [0.15, 0.2) is 0 Å². The zero-order valence-electron chi connectivity index (χ0n) is 12.4. The smallest absolute Gasteiger partial charge is 0.377 e. The molecule has 0 N–H and O–H groups in total. The summed E-state index contributed by atoms with van der Waals surface area (Å²) in [5, 5.41) is 0. The monoisotopic (exact) mass is 292 g/mol. The van der Waals surface area contributed by atoms with Crippen LogP contribution in [0.4, 0.5) is 0 Å². The lowest BCUT2D eigenvalue weighted by Gasteiger charge is -2.81. The Morgan fingerprint density at radius 2 is 2.00 bits per heavy atom. The van der Waals surface area contributed by atoms with E-state index in [2.05, 4.69) is 6.92 Å². The fraction of sp³-hybridized carbons (Fsp3) is 1.00. The van der Waals surface area contributed by atoms with Gasteiger partial charge in [0.2, 0.25) is 0 Å². The second-order valence-corrected chi connectivity index (χ2v) is 10.9. The third kappa shape index (κ3) is 0.938. The summed E-state index contributed by atoms with van der Waals surface area (Å²) in [7, 11) is -0.550. The molecule has 10 atom stereocenters. The molecule has 110 valence electrons. The molecule has 20 heavy (non-hydrogen) atoms. The lowest BCUT2D eigenvalue weighted by Crippen LogP contribution is -2.87. The molecule has 6 rings (SSSR count). The number of hydrogen-bond acceptors (Lipinski definition) is 3. The van der Waals surface area contributed by atoms with E-state index in [0.29, 0.717) is 6.10 Å². The summed E-state index contributed by atoms with van der Waals surface area (Å²) in [6, 6.07) is 1.01. The first-order chi connectivity index (χ1) is 9.76. The van der Waals surface area contributed by atoms with Crippen LogP contribution in [0, 0.1) is 41.4 Å². The molecule has 1 aliphatic heterocycles. The highest BCUT2D eigenvalue weighted by Crippen LogP contribution is 2.88. The highest BCUT2D eigenvalue weighted by atomic mass is 28.4. The molecule has 6 aliphatic rings. The van der Waals surface area contributed by atoms with Crippen molar-refractivity contribution in [3.8, 4) is 0 Å². The first-order valence-corrected chi connectivity index (χ1v) is 10.6. The van der Waals surface area contributed by atoms with Gasteiger partial charge in [0.05, 0.1) is 11.7 Å². The molecule has 9 unspecified atom stereocenters. The van der Waals surface area contributed by atoms with E-state index in [1.807, 2.05) is 7.11 Å². The van der Waals surface area contributed by atoms with E-state index < -0.39 is 8.80 Å². The number of fused-ring (bicyclic) bond motifs is 6. The first-order valence-electron chi connectivity index (χ1n) is 8.69. The molecule has 3 nitrogen and oxygen atoms in total. The molecule has 0 amide bonds. The van der Waals surface area contributed by atoms with Gasteiger partial charge in [-0.25, -0.2) is 0 Å². The highest BCUT2D eigenvalue weighted by molar-refractivity contribution is 6.61. The summed E-state index contributed by atoms with van der Waals surface area (Å²) in [5.41, 5.74) is 0.240. The van der Waals surface area contributed by atoms with E-state index in [1.54, 1.807) is 0 Å². The van der Waals surface area contributed by atoms with Crippen LogP contribution in [0.15, 0.2) is 0 Å². The minimum Gasteiger partial charge on any atom is -0.377 e. The number of rotatable bonds is 3. The van der Waals surface area contributed by atoms with Gasteiger partial charge in [0.25, 0.3) is 0 Å². The predicted molar refractivity (Wildman–Crippen MR) is 74.8 cm³/mol. The second kappa shape index (κ2) is 3.22. The van der Waals surface area contributed by atoms with Gasteiger partial charge in [-0.15, -0.1) is 0 Å². The van der Waals surface area contributed by atoms with Crippen LogP contribution in [-0.4, -0.2) is 27.6 Å². The van der Waals surface area contributed by atoms with E-state index in [1.165, 1.54) is 19.3 Å². The maximum Gasteiger partial charge on any atom is 0.501 e. The van der Waals surface area contributed by atoms with Gasteiger partial charge in [-0.3, -0.25) is 0 Å². The van der Waals surface area contributed by atoms with Gasteiger partial charge in [-0.05, 0) is 54.8 Å². The minimum absolute atomic E-state index is 0.240. The Balaban J connectivity index is 1.42. The van der Waals surface area contributed by atoms with Crippen LogP contribution in [-0.2, 0) is 13.3 Å². The summed E-state index contributed by atoms with van der Waals surface area (Å²) in [4.78, 5) is 0. The van der Waals surface area contributed by atoms with E-state index in [0.717, 1.165) is 53.9 Å². The van der Waals surface area contributed by atoms with Crippen LogP contribution in [0.25, 0.3) is 0 Å². The first kappa shape index (κ1) is 11.6. The quantitative estimate of drug-likeness (QED) is 0.749. The van der Waals surface area contributed by atoms with Crippen molar-refractivity contribution >= 4 is 8.80 Å². The average Bonchev–Trinajstić information content (AvgIpc) is 2.96. The van der Waals surface area contributed by atoms with Crippen molar-refractivity contribution in [3.63, 3.8) is 0 Å². The number of hydrogen-bond donors (Lipinski definition) is 0. The Morgan fingerprint density at radius 1 is 1.15 bits per heavy atom. The van der Waals surface area contributed by atoms with Crippen LogP contribution >= 0.6 is 0 Å². The Hall–Kier alpha value is 0.0969. The fourth-order valence-electron chi connectivity index (χ4n) is 7.46. The molecule has 0 bridgehead atoms. The summed E-state index contributed by atoms with van der Waals surface area (Å²) >= 11 is 0. The van der Waals surface area contributed by atoms with Crippen molar-refractivity contribution in [2.45, 2.75) is 50.4 Å². The van der Waals surface area contributed by atoms with E-state index in [-0.39, 0.29) is 5.60 Å². The second-order valence-electron chi connectivity index (χ2n) is 8.21. The maximum absolute atomic E-state index is 6.86. The maximum atomic E-state index is 6.86. The molecule has 4 heteroatoms. The molecule has 1 heterocycles. The van der Waals surface area contributed by atoms with Gasteiger partial charge in [-0.2, -0.15) is 0 Å². The Labute approximate surface area is 121 Å². The Kier molecular flexibility index (Phi) is 1.87. The van der Waals surface area contributed by atoms with Crippen molar-refractivity contribution in [1.82, 2.24) is 0 Å². The standard InChI is InChI=1S/C16H24O3Si/c1-3-6-20(17-2)18-11-5-4-8-13(11)16(19-20)14(8)12-9-7-10(9)15(12)16/h8-15H,3-7H2,1-2H3/t8?,9?,10-,11?,12?,13?,14?,15?,16?,20?/m0/s1. The molecule has 1 spiro atoms. The van der Waals surface area contributed by atoms with E-state index >= 15 is 0 Å². The van der Waals surface area contributed by atoms with Crippen molar-refractivity contribution in [2.75, 3.05) is 7.11 Å². The lowest BCUT2D eigenvalue weighted by atomic mass is 9.30. The minimum atomic E-state index is -2.38. The van der Waals surface area contributed by atoms with Crippen LogP contribution in [0.1, 0.15) is 32.6 Å². The lowest BCUT2D eigenvalue weighted by molar-refractivity contribution is -0.386. The van der Waals surface area contributed by atoms with Gasteiger partial charge in [0.1, 0.15) is 0 Å².